The van der Waals surface area contributed by atoms with Crippen molar-refractivity contribution < 1.29 is 30.3 Å². The maximum Gasteiger partial charge on any atom is 0.168 e. The third-order valence-electron chi connectivity index (χ3n) is 3.90. The normalized spacial score (nSPS) is 16.7. The van der Waals surface area contributed by atoms with Gasteiger partial charge in [0.05, 0.1) is 6.61 Å². The predicted octanol–water partition coefficient (Wildman–Crippen LogP) is -0.505. The Labute approximate surface area is 136 Å². The van der Waals surface area contributed by atoms with Crippen LogP contribution in [0.5, 0.6) is 0 Å². The van der Waals surface area contributed by atoms with Crippen molar-refractivity contribution in [3.05, 3.63) is 34.9 Å². The molecule has 0 unspecified atom stereocenters. The van der Waals surface area contributed by atoms with Crippen LogP contribution in [0.25, 0.3) is 0 Å². The lowest BCUT2D eigenvalue weighted by Gasteiger charge is -2.24. The van der Waals surface area contributed by atoms with Crippen molar-refractivity contribution in [1.82, 2.24) is 0 Å². The van der Waals surface area contributed by atoms with Crippen LogP contribution in [0.2, 0.25) is 0 Å². The lowest BCUT2D eigenvalue weighted by molar-refractivity contribution is -0.146. The summed E-state index contributed by atoms with van der Waals surface area (Å²) in [7, 11) is 0. The van der Waals surface area contributed by atoms with E-state index in [1.807, 2.05) is 19.1 Å². The number of carbonyl (C=O) groups is 1. The number of ketones is 1. The molecule has 4 atom stereocenters. The van der Waals surface area contributed by atoms with Gasteiger partial charge in [0, 0.05) is 6.42 Å². The van der Waals surface area contributed by atoms with Crippen molar-refractivity contribution in [2.45, 2.75) is 57.5 Å². The number of aliphatic hydroxyl groups excluding tert-OH is 5. The molecule has 0 heterocycles. The van der Waals surface area contributed by atoms with E-state index >= 15 is 0 Å². The molecule has 130 valence electrons. The monoisotopic (exact) mass is 326 g/mol. The second-order valence-electron chi connectivity index (χ2n) is 5.83. The highest BCUT2D eigenvalue weighted by Crippen LogP contribution is 2.15. The Balaban J connectivity index is 2.77. The van der Waals surface area contributed by atoms with Crippen LogP contribution in [0.4, 0.5) is 0 Å². The first-order valence-electron chi connectivity index (χ1n) is 7.76. The summed E-state index contributed by atoms with van der Waals surface area (Å²) in [4.78, 5) is 12.1. The van der Waals surface area contributed by atoms with Gasteiger partial charge in [0.25, 0.3) is 0 Å². The molecule has 1 rings (SSSR count). The zero-order valence-electron chi connectivity index (χ0n) is 13.5. The van der Waals surface area contributed by atoms with Crippen LogP contribution < -0.4 is 0 Å². The number of hydrogen-bond acceptors (Lipinski definition) is 6. The molecule has 0 saturated carbocycles. The maximum atomic E-state index is 12.1. The first-order chi connectivity index (χ1) is 10.8. The summed E-state index contributed by atoms with van der Waals surface area (Å²) < 4.78 is 0. The van der Waals surface area contributed by atoms with Crippen molar-refractivity contribution in [3.63, 3.8) is 0 Å². The van der Waals surface area contributed by atoms with E-state index in [-0.39, 0.29) is 6.42 Å². The van der Waals surface area contributed by atoms with Crippen molar-refractivity contribution in [2.24, 2.45) is 0 Å². The van der Waals surface area contributed by atoms with Crippen LogP contribution in [0.3, 0.4) is 0 Å². The smallest absolute Gasteiger partial charge is 0.168 e. The number of Topliss-reactive ketones (excluding diaryl/α,β-unsaturated/α-hetero) is 1. The predicted molar refractivity (Wildman–Crippen MR) is 85.0 cm³/mol. The summed E-state index contributed by atoms with van der Waals surface area (Å²) in [5.41, 5.74) is 2.97. The number of aliphatic hydroxyl groups is 5. The number of carbonyl (C=O) groups excluding carboxylic acids is 1. The molecule has 0 aromatic heterocycles. The third-order valence-corrected chi connectivity index (χ3v) is 3.90. The Hall–Kier alpha value is -1.31. The van der Waals surface area contributed by atoms with Gasteiger partial charge in [-0.3, -0.25) is 4.79 Å². The highest BCUT2D eigenvalue weighted by molar-refractivity contribution is 5.85. The van der Waals surface area contributed by atoms with Crippen LogP contribution in [0, 0.1) is 6.92 Å². The molecule has 0 radical (unpaired) electrons. The van der Waals surface area contributed by atoms with Crippen LogP contribution in [-0.4, -0.2) is 62.3 Å². The highest BCUT2D eigenvalue weighted by atomic mass is 16.4. The van der Waals surface area contributed by atoms with Gasteiger partial charge >= 0.3 is 0 Å². The van der Waals surface area contributed by atoms with Gasteiger partial charge in [0.1, 0.15) is 24.4 Å². The van der Waals surface area contributed by atoms with Gasteiger partial charge in [-0.25, -0.2) is 0 Å². The van der Waals surface area contributed by atoms with E-state index in [2.05, 4.69) is 6.92 Å². The molecule has 0 aliphatic rings. The second kappa shape index (κ2) is 9.10. The first kappa shape index (κ1) is 19.7. The van der Waals surface area contributed by atoms with Crippen molar-refractivity contribution in [3.8, 4) is 0 Å². The molecular formula is C17H26O6. The average molecular weight is 326 g/mol. The van der Waals surface area contributed by atoms with E-state index in [0.717, 1.165) is 24.0 Å². The minimum Gasteiger partial charge on any atom is -0.394 e. The van der Waals surface area contributed by atoms with E-state index in [1.165, 1.54) is 0 Å². The van der Waals surface area contributed by atoms with Crippen molar-refractivity contribution in [2.75, 3.05) is 6.61 Å². The number of benzene rings is 1. The Morgan fingerprint density at radius 3 is 2.35 bits per heavy atom. The minimum absolute atomic E-state index is 0.0861. The van der Waals surface area contributed by atoms with E-state index in [9.17, 15) is 25.2 Å². The summed E-state index contributed by atoms with van der Waals surface area (Å²) >= 11 is 0. The molecule has 6 nitrogen and oxygen atoms in total. The first-order valence-corrected chi connectivity index (χ1v) is 7.76. The molecular weight excluding hydrogens is 300 g/mol. The molecule has 0 amide bonds. The van der Waals surface area contributed by atoms with Crippen LogP contribution in [-0.2, 0) is 17.6 Å². The average Bonchev–Trinajstić information content (AvgIpc) is 2.55. The van der Waals surface area contributed by atoms with E-state index in [4.69, 9.17) is 5.11 Å². The molecule has 0 spiro atoms. The van der Waals surface area contributed by atoms with Crippen LogP contribution in [0.1, 0.15) is 30.0 Å². The number of rotatable bonds is 9. The van der Waals surface area contributed by atoms with Crippen molar-refractivity contribution in [1.29, 1.82) is 0 Å². The molecule has 0 saturated heterocycles. The quantitative estimate of drug-likeness (QED) is 0.417. The van der Waals surface area contributed by atoms with E-state index < -0.39 is 36.8 Å². The van der Waals surface area contributed by atoms with Gasteiger partial charge in [-0.05, 0) is 30.0 Å². The molecule has 1 aromatic rings. The van der Waals surface area contributed by atoms with Crippen LogP contribution in [0.15, 0.2) is 18.2 Å². The SMILES string of the molecule is CCCc1cc(CC(=O)[C@H](O)[C@@H](O)[C@H](O)[C@H](O)CO)ccc1C. The molecule has 0 aliphatic carbocycles. The van der Waals surface area contributed by atoms with E-state index in [0.29, 0.717) is 5.56 Å². The lowest BCUT2D eigenvalue weighted by Crippen LogP contribution is -2.49. The number of aryl methyl sites for hydroxylation is 2. The topological polar surface area (TPSA) is 118 Å². The zero-order valence-corrected chi connectivity index (χ0v) is 13.5. The van der Waals surface area contributed by atoms with Gasteiger partial charge in [-0.15, -0.1) is 0 Å². The molecule has 0 aliphatic heterocycles. The maximum absolute atomic E-state index is 12.1. The van der Waals surface area contributed by atoms with Crippen molar-refractivity contribution >= 4 is 5.78 Å². The summed E-state index contributed by atoms with van der Waals surface area (Å²) in [6.45, 7) is 3.27. The molecule has 1 aromatic carbocycles. The Morgan fingerprint density at radius 1 is 1.13 bits per heavy atom. The van der Waals surface area contributed by atoms with Gasteiger partial charge in [-0.2, -0.15) is 0 Å². The Morgan fingerprint density at radius 2 is 1.78 bits per heavy atom. The Bertz CT molecular complexity index is 516. The fourth-order valence-corrected chi connectivity index (χ4v) is 2.39. The second-order valence-corrected chi connectivity index (χ2v) is 5.83. The fraction of sp³-hybridized carbons (Fsp3) is 0.588. The molecule has 6 heteroatoms. The van der Waals surface area contributed by atoms with Gasteiger partial charge in [-0.1, -0.05) is 31.5 Å². The largest absolute Gasteiger partial charge is 0.394 e. The van der Waals surface area contributed by atoms with Gasteiger partial charge in [0.2, 0.25) is 0 Å². The van der Waals surface area contributed by atoms with Gasteiger partial charge in [0.15, 0.2) is 5.78 Å². The van der Waals surface area contributed by atoms with E-state index in [1.54, 1.807) is 6.07 Å². The summed E-state index contributed by atoms with van der Waals surface area (Å²) in [5, 5.41) is 47.1. The zero-order chi connectivity index (χ0) is 17.6. The fourth-order valence-electron chi connectivity index (χ4n) is 2.39. The number of hydrogen-bond donors (Lipinski definition) is 5. The minimum atomic E-state index is -1.86. The molecule has 5 N–H and O–H groups in total. The Kier molecular flexibility index (Phi) is 7.81. The van der Waals surface area contributed by atoms with Gasteiger partial charge < -0.3 is 25.5 Å². The highest BCUT2D eigenvalue weighted by Gasteiger charge is 2.33. The molecule has 23 heavy (non-hydrogen) atoms. The lowest BCUT2D eigenvalue weighted by atomic mass is 9.94. The van der Waals surface area contributed by atoms with Crippen LogP contribution >= 0.6 is 0 Å². The summed E-state index contributed by atoms with van der Waals surface area (Å²) in [6, 6.07) is 5.58. The molecule has 0 fully saturated rings. The molecule has 0 bridgehead atoms. The summed E-state index contributed by atoms with van der Waals surface area (Å²) in [5.74, 6) is -0.659. The summed E-state index contributed by atoms with van der Waals surface area (Å²) in [6.07, 6.45) is -5.33. The third kappa shape index (κ3) is 5.37. The standard InChI is InChI=1S/C17H26O6/c1-3-4-12-7-11(6-5-10(12)2)8-13(19)15(21)17(23)16(22)14(20)9-18/h5-7,14-18,20-23H,3-4,8-9H2,1-2H3/t14-,15+,16-,17-/m1/s1.